The SMILES string of the molecule is CCOCCC(=O)NNC(=O)/C=C/c1ccc([N+](=O)[O-])cc1. The average molecular weight is 307 g/mol. The molecule has 2 N–H and O–H groups in total. The molecule has 0 bridgehead atoms. The number of nitrogens with zero attached hydrogens (tertiary/aromatic N) is 1. The Kier molecular flexibility index (Phi) is 7.27. The molecule has 2 amide bonds. The largest absolute Gasteiger partial charge is 0.381 e. The van der Waals surface area contributed by atoms with E-state index in [9.17, 15) is 19.7 Å². The van der Waals surface area contributed by atoms with Gasteiger partial charge in [-0.2, -0.15) is 0 Å². The number of carbonyl (C=O) groups is 2. The normalized spacial score (nSPS) is 10.4. The summed E-state index contributed by atoms with van der Waals surface area (Å²) < 4.78 is 5.01. The highest BCUT2D eigenvalue weighted by Crippen LogP contribution is 2.12. The van der Waals surface area contributed by atoms with Gasteiger partial charge in [-0.3, -0.25) is 30.6 Å². The lowest BCUT2D eigenvalue weighted by Crippen LogP contribution is -2.41. The van der Waals surface area contributed by atoms with Gasteiger partial charge in [0.2, 0.25) is 5.91 Å². The Morgan fingerprint density at radius 2 is 1.95 bits per heavy atom. The maximum absolute atomic E-state index is 11.5. The minimum absolute atomic E-state index is 0.0248. The molecule has 0 heterocycles. The maximum atomic E-state index is 11.5. The van der Waals surface area contributed by atoms with Gasteiger partial charge in [-0.15, -0.1) is 0 Å². The van der Waals surface area contributed by atoms with Crippen LogP contribution in [-0.2, 0) is 14.3 Å². The van der Waals surface area contributed by atoms with Crippen molar-refractivity contribution in [1.82, 2.24) is 10.9 Å². The highest BCUT2D eigenvalue weighted by atomic mass is 16.6. The first-order chi connectivity index (χ1) is 10.5. The lowest BCUT2D eigenvalue weighted by atomic mass is 10.2. The van der Waals surface area contributed by atoms with Crippen LogP contribution in [-0.4, -0.2) is 30.0 Å². The van der Waals surface area contributed by atoms with E-state index in [2.05, 4.69) is 10.9 Å². The highest BCUT2D eigenvalue weighted by molar-refractivity contribution is 5.93. The summed E-state index contributed by atoms with van der Waals surface area (Å²) in [6.07, 6.45) is 2.84. The van der Waals surface area contributed by atoms with Gasteiger partial charge in [0.1, 0.15) is 0 Å². The van der Waals surface area contributed by atoms with Gasteiger partial charge in [-0.1, -0.05) is 0 Å². The molecule has 0 atom stereocenters. The van der Waals surface area contributed by atoms with Gasteiger partial charge in [-0.05, 0) is 30.7 Å². The van der Waals surface area contributed by atoms with Gasteiger partial charge < -0.3 is 4.74 Å². The number of benzene rings is 1. The minimum atomic E-state index is -0.511. The Labute approximate surface area is 127 Å². The standard InChI is InChI=1S/C14H17N3O5/c1-2-22-10-9-14(19)16-15-13(18)8-5-11-3-6-12(7-4-11)17(20)21/h3-8H,2,9-10H2,1H3,(H,15,18)(H,16,19)/b8-5+. The van der Waals surface area contributed by atoms with Gasteiger partial charge >= 0.3 is 0 Å². The van der Waals surface area contributed by atoms with Crippen LogP contribution in [0.4, 0.5) is 5.69 Å². The van der Waals surface area contributed by atoms with E-state index in [4.69, 9.17) is 4.74 Å². The van der Waals surface area contributed by atoms with Crippen molar-refractivity contribution in [3.8, 4) is 0 Å². The predicted octanol–water partition coefficient (Wildman–Crippen LogP) is 1.18. The third-order valence-corrected chi connectivity index (χ3v) is 2.53. The molecule has 0 aliphatic carbocycles. The molecule has 1 aromatic carbocycles. The average Bonchev–Trinajstić information content (AvgIpc) is 2.51. The zero-order chi connectivity index (χ0) is 16.4. The number of amides is 2. The third kappa shape index (κ3) is 6.62. The monoisotopic (exact) mass is 307 g/mol. The number of nitrogens with one attached hydrogen (secondary N) is 2. The Bertz CT molecular complexity index is 554. The van der Waals surface area contributed by atoms with Crippen molar-refractivity contribution in [2.45, 2.75) is 13.3 Å². The second-order valence-electron chi connectivity index (χ2n) is 4.17. The maximum Gasteiger partial charge on any atom is 0.269 e. The third-order valence-electron chi connectivity index (χ3n) is 2.53. The summed E-state index contributed by atoms with van der Waals surface area (Å²) >= 11 is 0. The molecule has 0 aliphatic heterocycles. The minimum Gasteiger partial charge on any atom is -0.381 e. The highest BCUT2D eigenvalue weighted by Gasteiger charge is 2.04. The summed E-state index contributed by atoms with van der Waals surface area (Å²) in [7, 11) is 0. The molecule has 0 aliphatic rings. The van der Waals surface area contributed by atoms with Crippen molar-refractivity contribution in [3.63, 3.8) is 0 Å². The van der Waals surface area contributed by atoms with Crippen LogP contribution < -0.4 is 10.9 Å². The quantitative estimate of drug-likeness (QED) is 0.340. The van der Waals surface area contributed by atoms with Crippen molar-refractivity contribution in [3.05, 3.63) is 46.0 Å². The van der Waals surface area contributed by atoms with Crippen LogP contribution in [0, 0.1) is 10.1 Å². The first kappa shape index (κ1) is 17.3. The second-order valence-corrected chi connectivity index (χ2v) is 4.17. The van der Waals surface area contributed by atoms with Gasteiger partial charge in [0.15, 0.2) is 0 Å². The molecule has 1 rings (SSSR count). The second kappa shape index (κ2) is 9.24. The topological polar surface area (TPSA) is 111 Å². The van der Waals surface area contributed by atoms with Crippen LogP contribution in [0.3, 0.4) is 0 Å². The van der Waals surface area contributed by atoms with E-state index in [0.717, 1.165) is 0 Å². The zero-order valence-corrected chi connectivity index (χ0v) is 12.1. The van der Waals surface area contributed by atoms with Crippen molar-refractivity contribution in [1.29, 1.82) is 0 Å². The molecule has 0 fully saturated rings. The van der Waals surface area contributed by atoms with Crippen LogP contribution >= 0.6 is 0 Å². The van der Waals surface area contributed by atoms with Crippen LogP contribution in [0.25, 0.3) is 6.08 Å². The molecule has 0 spiro atoms. The van der Waals surface area contributed by atoms with Crippen LogP contribution in [0.2, 0.25) is 0 Å². The van der Waals surface area contributed by atoms with Gasteiger partial charge in [0.05, 0.1) is 18.0 Å². The van der Waals surface area contributed by atoms with Gasteiger partial charge in [0.25, 0.3) is 11.6 Å². The molecule has 0 aromatic heterocycles. The van der Waals surface area contributed by atoms with E-state index < -0.39 is 10.8 Å². The Balaban J connectivity index is 2.37. The molecule has 0 saturated heterocycles. The summed E-state index contributed by atoms with van der Waals surface area (Å²) in [5.41, 5.74) is 5.07. The molecule has 0 saturated carbocycles. The lowest BCUT2D eigenvalue weighted by Gasteiger charge is -2.05. The van der Waals surface area contributed by atoms with Crippen LogP contribution in [0.5, 0.6) is 0 Å². The molecule has 1 aromatic rings. The smallest absolute Gasteiger partial charge is 0.269 e. The molecule has 118 valence electrons. The van der Waals surface area contributed by atoms with E-state index in [0.29, 0.717) is 12.2 Å². The zero-order valence-electron chi connectivity index (χ0n) is 12.1. The number of hydrazine groups is 1. The van der Waals surface area contributed by atoms with Crippen LogP contribution in [0.15, 0.2) is 30.3 Å². The number of hydrogen-bond acceptors (Lipinski definition) is 5. The van der Waals surface area contributed by atoms with Crippen molar-refractivity contribution in [2.24, 2.45) is 0 Å². The summed E-state index contributed by atoms with van der Waals surface area (Å²) in [6, 6.07) is 5.71. The number of nitro benzene ring substituents is 1. The van der Waals surface area contributed by atoms with Gasteiger partial charge in [0, 0.05) is 24.8 Å². The van der Waals surface area contributed by atoms with E-state index in [1.807, 2.05) is 6.92 Å². The molecular formula is C14H17N3O5. The fraction of sp³-hybridized carbons (Fsp3) is 0.286. The molecule has 22 heavy (non-hydrogen) atoms. The van der Waals surface area contributed by atoms with Gasteiger partial charge in [-0.25, -0.2) is 0 Å². The summed E-state index contributed by atoms with van der Waals surface area (Å²) in [5.74, 6) is -0.867. The molecule has 0 unspecified atom stereocenters. The Hall–Kier alpha value is -2.74. The molecular weight excluding hydrogens is 290 g/mol. The number of ether oxygens (including phenoxy) is 1. The first-order valence-electron chi connectivity index (χ1n) is 6.62. The van der Waals surface area contributed by atoms with E-state index in [-0.39, 0.29) is 24.6 Å². The molecule has 0 radical (unpaired) electrons. The Morgan fingerprint density at radius 3 is 2.55 bits per heavy atom. The molecule has 8 nitrogen and oxygen atoms in total. The fourth-order valence-electron chi connectivity index (χ4n) is 1.42. The predicted molar refractivity (Wildman–Crippen MR) is 79.5 cm³/mol. The van der Waals surface area contributed by atoms with E-state index in [1.165, 1.54) is 36.4 Å². The van der Waals surface area contributed by atoms with Crippen molar-refractivity contribution >= 4 is 23.6 Å². The lowest BCUT2D eigenvalue weighted by molar-refractivity contribution is -0.384. The summed E-state index contributed by atoms with van der Waals surface area (Å²) in [5, 5.41) is 10.5. The first-order valence-corrected chi connectivity index (χ1v) is 6.62. The number of hydrogen-bond donors (Lipinski definition) is 2. The number of non-ortho nitro benzene ring substituents is 1. The fourth-order valence-corrected chi connectivity index (χ4v) is 1.42. The van der Waals surface area contributed by atoms with Crippen molar-refractivity contribution in [2.75, 3.05) is 13.2 Å². The summed E-state index contributed by atoms with van der Waals surface area (Å²) in [4.78, 5) is 32.8. The number of rotatable bonds is 7. The number of carbonyl (C=O) groups excluding carboxylic acids is 2. The van der Waals surface area contributed by atoms with Crippen LogP contribution in [0.1, 0.15) is 18.9 Å². The number of nitro groups is 1. The van der Waals surface area contributed by atoms with Crippen molar-refractivity contribution < 1.29 is 19.2 Å². The Morgan fingerprint density at radius 1 is 1.27 bits per heavy atom. The summed E-state index contributed by atoms with van der Waals surface area (Å²) in [6.45, 7) is 2.64. The van der Waals surface area contributed by atoms with E-state index >= 15 is 0 Å². The van der Waals surface area contributed by atoms with E-state index in [1.54, 1.807) is 0 Å². The molecule has 8 heteroatoms.